The van der Waals surface area contributed by atoms with Crippen molar-refractivity contribution in [1.82, 2.24) is 5.32 Å². The normalized spacial score (nSPS) is 13.6. The van der Waals surface area contributed by atoms with Gasteiger partial charge in [0.25, 0.3) is 0 Å². The van der Waals surface area contributed by atoms with E-state index in [0.29, 0.717) is 13.0 Å². The molecule has 0 aliphatic carbocycles. The Kier molecular flexibility index (Phi) is 5.08. The summed E-state index contributed by atoms with van der Waals surface area (Å²) in [4.78, 5) is -0.212. The van der Waals surface area contributed by atoms with Crippen molar-refractivity contribution in [2.45, 2.75) is 31.2 Å². The average molecular weight is 259 g/mol. The van der Waals surface area contributed by atoms with E-state index in [4.69, 9.17) is 0 Å². The molecule has 0 saturated carbocycles. The molecule has 0 bridgehead atoms. The lowest BCUT2D eigenvalue weighted by Gasteiger charge is -2.16. The van der Waals surface area contributed by atoms with E-state index in [1.807, 2.05) is 13.8 Å². The van der Waals surface area contributed by atoms with Crippen LogP contribution in [0.4, 0.5) is 4.39 Å². The van der Waals surface area contributed by atoms with Gasteiger partial charge in [0, 0.05) is 6.04 Å². The maximum absolute atomic E-state index is 13.4. The molecule has 1 atom stereocenters. The van der Waals surface area contributed by atoms with E-state index in [-0.39, 0.29) is 16.7 Å². The van der Waals surface area contributed by atoms with Crippen LogP contribution in [0, 0.1) is 5.82 Å². The van der Waals surface area contributed by atoms with Crippen LogP contribution in [0.1, 0.15) is 20.3 Å². The second-order valence-electron chi connectivity index (χ2n) is 3.87. The highest BCUT2D eigenvalue weighted by Crippen LogP contribution is 2.16. The standard InChI is InChI=1S/C12H18FNO2S/c1-3-10(14-4-2)9-17(15,16)12-8-6-5-7-11(12)13/h5-8,10,14H,3-4,9H2,1-2H3. The summed E-state index contributed by atoms with van der Waals surface area (Å²) >= 11 is 0. The van der Waals surface area contributed by atoms with Crippen LogP contribution in [0.5, 0.6) is 0 Å². The summed E-state index contributed by atoms with van der Waals surface area (Å²) in [6.45, 7) is 4.52. The first-order valence-electron chi connectivity index (χ1n) is 5.72. The number of sulfone groups is 1. The number of hydrogen-bond acceptors (Lipinski definition) is 3. The van der Waals surface area contributed by atoms with E-state index < -0.39 is 15.7 Å². The van der Waals surface area contributed by atoms with Crippen LogP contribution >= 0.6 is 0 Å². The zero-order valence-corrected chi connectivity index (χ0v) is 10.9. The Balaban J connectivity index is 2.92. The molecule has 1 N–H and O–H groups in total. The number of nitrogens with one attached hydrogen (secondary N) is 1. The van der Waals surface area contributed by atoms with Gasteiger partial charge in [0.2, 0.25) is 0 Å². The van der Waals surface area contributed by atoms with Crippen molar-refractivity contribution >= 4 is 9.84 Å². The maximum atomic E-state index is 13.4. The first kappa shape index (κ1) is 14.1. The Labute approximate surface area is 102 Å². The Bertz CT molecular complexity index is 459. The molecular weight excluding hydrogens is 241 g/mol. The zero-order chi connectivity index (χ0) is 12.9. The summed E-state index contributed by atoms with van der Waals surface area (Å²) in [6.07, 6.45) is 0.696. The number of benzene rings is 1. The van der Waals surface area contributed by atoms with Crippen molar-refractivity contribution < 1.29 is 12.8 Å². The Morgan fingerprint density at radius 3 is 2.47 bits per heavy atom. The van der Waals surface area contributed by atoms with Gasteiger partial charge < -0.3 is 5.32 Å². The highest BCUT2D eigenvalue weighted by molar-refractivity contribution is 7.91. The lowest BCUT2D eigenvalue weighted by atomic mass is 10.2. The lowest BCUT2D eigenvalue weighted by molar-refractivity contribution is 0.527. The third-order valence-corrected chi connectivity index (χ3v) is 4.42. The third-order valence-electron chi connectivity index (χ3n) is 2.58. The molecule has 0 saturated heterocycles. The van der Waals surface area contributed by atoms with Crippen LogP contribution in [-0.4, -0.2) is 26.8 Å². The molecule has 1 rings (SSSR count). The van der Waals surface area contributed by atoms with E-state index in [2.05, 4.69) is 5.32 Å². The first-order chi connectivity index (χ1) is 8.01. The van der Waals surface area contributed by atoms with Crippen molar-refractivity contribution in [2.75, 3.05) is 12.3 Å². The maximum Gasteiger partial charge on any atom is 0.182 e. The summed E-state index contributed by atoms with van der Waals surface area (Å²) in [7, 11) is -3.56. The molecule has 17 heavy (non-hydrogen) atoms. The second kappa shape index (κ2) is 6.12. The largest absolute Gasteiger partial charge is 0.313 e. The minimum atomic E-state index is -3.56. The van der Waals surface area contributed by atoms with Gasteiger partial charge >= 0.3 is 0 Å². The van der Waals surface area contributed by atoms with Gasteiger partial charge in [-0.25, -0.2) is 12.8 Å². The minimum absolute atomic E-state index is 0.0712. The summed E-state index contributed by atoms with van der Waals surface area (Å²) < 4.78 is 37.5. The van der Waals surface area contributed by atoms with Gasteiger partial charge in [-0.3, -0.25) is 0 Å². The average Bonchev–Trinajstić information content (AvgIpc) is 2.28. The van der Waals surface area contributed by atoms with Gasteiger partial charge in [-0.15, -0.1) is 0 Å². The number of hydrogen-bond donors (Lipinski definition) is 1. The van der Waals surface area contributed by atoms with Crippen LogP contribution in [0.15, 0.2) is 29.2 Å². The number of rotatable bonds is 6. The van der Waals surface area contributed by atoms with E-state index in [1.54, 1.807) is 0 Å². The quantitative estimate of drug-likeness (QED) is 0.850. The zero-order valence-electron chi connectivity index (χ0n) is 10.1. The smallest absolute Gasteiger partial charge is 0.182 e. The molecule has 1 unspecified atom stereocenters. The first-order valence-corrected chi connectivity index (χ1v) is 7.37. The van der Waals surface area contributed by atoms with Crippen molar-refractivity contribution in [3.05, 3.63) is 30.1 Å². The van der Waals surface area contributed by atoms with Crippen LogP contribution in [0.25, 0.3) is 0 Å². The van der Waals surface area contributed by atoms with Crippen molar-refractivity contribution in [1.29, 1.82) is 0 Å². The highest BCUT2D eigenvalue weighted by atomic mass is 32.2. The van der Waals surface area contributed by atoms with Crippen LogP contribution in [-0.2, 0) is 9.84 Å². The van der Waals surface area contributed by atoms with Gasteiger partial charge in [-0.1, -0.05) is 26.0 Å². The molecule has 0 fully saturated rings. The van der Waals surface area contributed by atoms with Gasteiger partial charge in [0.15, 0.2) is 9.84 Å². The molecule has 96 valence electrons. The van der Waals surface area contributed by atoms with Crippen molar-refractivity contribution in [3.63, 3.8) is 0 Å². The van der Waals surface area contributed by atoms with Crippen molar-refractivity contribution in [2.24, 2.45) is 0 Å². The van der Waals surface area contributed by atoms with E-state index in [9.17, 15) is 12.8 Å². The molecule has 1 aromatic carbocycles. The molecule has 0 spiro atoms. The summed E-state index contributed by atoms with van der Waals surface area (Å²) in [5.74, 6) is -0.753. The van der Waals surface area contributed by atoms with E-state index in [0.717, 1.165) is 0 Å². The molecule has 0 amide bonds. The molecular formula is C12H18FNO2S. The number of halogens is 1. The minimum Gasteiger partial charge on any atom is -0.313 e. The monoisotopic (exact) mass is 259 g/mol. The van der Waals surface area contributed by atoms with Crippen LogP contribution in [0.2, 0.25) is 0 Å². The van der Waals surface area contributed by atoms with Gasteiger partial charge in [-0.2, -0.15) is 0 Å². The Hall–Kier alpha value is -0.940. The Morgan fingerprint density at radius 2 is 1.94 bits per heavy atom. The molecule has 3 nitrogen and oxygen atoms in total. The van der Waals surface area contributed by atoms with Crippen LogP contribution in [0.3, 0.4) is 0 Å². The summed E-state index contributed by atoms with van der Waals surface area (Å²) in [5, 5.41) is 3.08. The molecule has 1 aromatic rings. The fraction of sp³-hybridized carbons (Fsp3) is 0.500. The summed E-state index contributed by atoms with van der Waals surface area (Å²) in [5.41, 5.74) is 0. The molecule has 0 radical (unpaired) electrons. The predicted octanol–water partition coefficient (Wildman–Crippen LogP) is 1.99. The molecule has 5 heteroatoms. The topological polar surface area (TPSA) is 46.2 Å². The SMILES string of the molecule is CCNC(CC)CS(=O)(=O)c1ccccc1F. The van der Waals surface area contributed by atoms with E-state index in [1.165, 1.54) is 24.3 Å². The van der Waals surface area contributed by atoms with Gasteiger partial charge in [-0.05, 0) is 25.1 Å². The fourth-order valence-corrected chi connectivity index (χ4v) is 3.38. The lowest BCUT2D eigenvalue weighted by Crippen LogP contribution is -2.35. The second-order valence-corrected chi connectivity index (χ2v) is 5.88. The molecule has 0 aliphatic rings. The van der Waals surface area contributed by atoms with E-state index >= 15 is 0 Å². The van der Waals surface area contributed by atoms with Crippen molar-refractivity contribution in [3.8, 4) is 0 Å². The van der Waals surface area contributed by atoms with Crippen LogP contribution < -0.4 is 5.32 Å². The molecule has 0 heterocycles. The summed E-state index contributed by atoms with van der Waals surface area (Å²) in [6, 6.07) is 5.36. The Morgan fingerprint density at radius 1 is 1.29 bits per heavy atom. The van der Waals surface area contributed by atoms with Gasteiger partial charge in [0.05, 0.1) is 5.75 Å². The third kappa shape index (κ3) is 3.78. The molecule has 0 aliphatic heterocycles. The fourth-order valence-electron chi connectivity index (χ4n) is 1.66. The highest BCUT2D eigenvalue weighted by Gasteiger charge is 2.22. The molecule has 0 aromatic heterocycles. The predicted molar refractivity (Wildman–Crippen MR) is 66.2 cm³/mol. The van der Waals surface area contributed by atoms with Gasteiger partial charge in [0.1, 0.15) is 10.7 Å².